The lowest BCUT2D eigenvalue weighted by Crippen LogP contribution is -2.34. The van der Waals surface area contributed by atoms with Gasteiger partial charge in [0, 0.05) is 23.7 Å². The molecule has 3 nitrogen and oxygen atoms in total. The molecule has 0 spiro atoms. The summed E-state index contributed by atoms with van der Waals surface area (Å²) in [6.07, 6.45) is 3.03. The van der Waals surface area contributed by atoms with Crippen molar-refractivity contribution in [2.45, 2.75) is 39.3 Å². The van der Waals surface area contributed by atoms with Gasteiger partial charge in [-0.15, -0.1) is 11.3 Å². The molecule has 1 heterocycles. The minimum atomic E-state index is 0.304. The Bertz CT molecular complexity index is 272. The van der Waals surface area contributed by atoms with Gasteiger partial charge in [0.05, 0.1) is 6.04 Å². The molecule has 0 fully saturated rings. The van der Waals surface area contributed by atoms with E-state index in [1.807, 2.05) is 6.20 Å². The van der Waals surface area contributed by atoms with E-state index in [9.17, 15) is 0 Å². The molecule has 0 aliphatic carbocycles. The van der Waals surface area contributed by atoms with Crippen LogP contribution in [0.15, 0.2) is 6.20 Å². The quantitative estimate of drug-likeness (QED) is 0.783. The van der Waals surface area contributed by atoms with Crippen LogP contribution in [0.4, 0.5) is 0 Å². The maximum atomic E-state index is 5.55. The lowest BCUT2D eigenvalue weighted by molar-refractivity contribution is 0.484. The monoisotopic (exact) mass is 213 g/mol. The Morgan fingerprint density at radius 2 is 2.29 bits per heavy atom. The van der Waals surface area contributed by atoms with Gasteiger partial charge in [0.25, 0.3) is 0 Å². The van der Waals surface area contributed by atoms with E-state index in [0.717, 1.165) is 11.4 Å². The Hall–Kier alpha value is -0.450. The summed E-state index contributed by atoms with van der Waals surface area (Å²) in [7, 11) is 0. The van der Waals surface area contributed by atoms with Gasteiger partial charge in [-0.2, -0.15) is 0 Å². The summed E-state index contributed by atoms with van der Waals surface area (Å²) < 4.78 is 0. The first-order valence-electron chi connectivity index (χ1n) is 5.08. The Labute approximate surface area is 89.7 Å². The zero-order valence-electron chi connectivity index (χ0n) is 9.08. The molecule has 1 aromatic rings. The molecule has 0 amide bonds. The lowest BCUT2D eigenvalue weighted by Gasteiger charge is -2.16. The molecule has 2 unspecified atom stereocenters. The van der Waals surface area contributed by atoms with Gasteiger partial charge in [-0.05, 0) is 20.3 Å². The van der Waals surface area contributed by atoms with Crippen LogP contribution in [0.5, 0.6) is 0 Å². The van der Waals surface area contributed by atoms with Gasteiger partial charge in [0.2, 0.25) is 0 Å². The van der Waals surface area contributed by atoms with Crippen LogP contribution in [0.2, 0.25) is 0 Å². The van der Waals surface area contributed by atoms with E-state index >= 15 is 0 Å². The van der Waals surface area contributed by atoms with Crippen molar-refractivity contribution >= 4 is 11.3 Å². The minimum absolute atomic E-state index is 0.304. The molecule has 80 valence electrons. The van der Waals surface area contributed by atoms with Crippen LogP contribution >= 0.6 is 11.3 Å². The van der Waals surface area contributed by atoms with Crippen molar-refractivity contribution in [3.8, 4) is 0 Å². The van der Waals surface area contributed by atoms with Crippen LogP contribution in [-0.2, 0) is 6.42 Å². The van der Waals surface area contributed by atoms with Crippen LogP contribution < -0.4 is 11.1 Å². The van der Waals surface area contributed by atoms with Gasteiger partial charge in [-0.3, -0.25) is 0 Å². The number of nitrogens with zero attached hydrogens (tertiary/aromatic N) is 1. The first-order valence-corrected chi connectivity index (χ1v) is 5.89. The van der Waals surface area contributed by atoms with Crippen molar-refractivity contribution in [2.24, 2.45) is 5.73 Å². The molecule has 1 rings (SSSR count). The predicted octanol–water partition coefficient (Wildman–Crippen LogP) is 1.70. The number of hydrogen-bond acceptors (Lipinski definition) is 4. The van der Waals surface area contributed by atoms with Crippen LogP contribution in [0.25, 0.3) is 0 Å². The van der Waals surface area contributed by atoms with Gasteiger partial charge >= 0.3 is 0 Å². The third kappa shape index (κ3) is 3.04. The molecule has 1 aromatic heterocycles. The number of nitrogens with two attached hydrogens (primary N) is 1. The molecule has 3 N–H and O–H groups in total. The van der Waals surface area contributed by atoms with Crippen molar-refractivity contribution in [3.05, 3.63) is 16.1 Å². The topological polar surface area (TPSA) is 50.9 Å². The summed E-state index contributed by atoms with van der Waals surface area (Å²) in [4.78, 5) is 5.73. The predicted molar refractivity (Wildman–Crippen MR) is 61.6 cm³/mol. The fraction of sp³-hybridized carbons (Fsp3) is 0.700. The molecule has 4 heteroatoms. The highest BCUT2D eigenvalue weighted by atomic mass is 32.1. The Morgan fingerprint density at radius 3 is 2.79 bits per heavy atom. The van der Waals surface area contributed by atoms with Crippen molar-refractivity contribution in [3.63, 3.8) is 0 Å². The maximum Gasteiger partial charge on any atom is 0.109 e. The lowest BCUT2D eigenvalue weighted by atomic mass is 10.3. The molecule has 2 atom stereocenters. The van der Waals surface area contributed by atoms with E-state index in [-0.39, 0.29) is 0 Å². The van der Waals surface area contributed by atoms with Crippen LogP contribution in [-0.4, -0.2) is 17.6 Å². The highest BCUT2D eigenvalue weighted by molar-refractivity contribution is 7.11. The average molecular weight is 213 g/mol. The number of nitrogens with one attached hydrogen (secondary N) is 1. The second-order valence-corrected chi connectivity index (χ2v) is 4.69. The van der Waals surface area contributed by atoms with E-state index in [4.69, 9.17) is 5.73 Å². The Balaban J connectivity index is 2.55. The third-order valence-corrected chi connectivity index (χ3v) is 3.50. The molecule has 14 heavy (non-hydrogen) atoms. The van der Waals surface area contributed by atoms with Crippen molar-refractivity contribution in [1.29, 1.82) is 0 Å². The zero-order chi connectivity index (χ0) is 10.6. The molecular formula is C10H19N3S. The molecule has 0 bridgehead atoms. The summed E-state index contributed by atoms with van der Waals surface area (Å²) in [5, 5.41) is 4.56. The van der Waals surface area contributed by atoms with Gasteiger partial charge in [-0.25, -0.2) is 4.98 Å². The molecule has 0 saturated carbocycles. The van der Waals surface area contributed by atoms with Crippen molar-refractivity contribution in [2.75, 3.05) is 6.54 Å². The second kappa shape index (κ2) is 5.44. The number of aryl methyl sites for hydroxylation is 1. The van der Waals surface area contributed by atoms with Gasteiger partial charge in [-0.1, -0.05) is 6.92 Å². The number of hydrogen-bond donors (Lipinski definition) is 2. The fourth-order valence-electron chi connectivity index (χ4n) is 1.25. The summed E-state index contributed by atoms with van der Waals surface area (Å²) in [6.45, 7) is 7.03. The number of aromatic nitrogens is 1. The summed E-state index contributed by atoms with van der Waals surface area (Å²) >= 11 is 1.78. The first-order chi connectivity index (χ1) is 6.67. The van der Waals surface area contributed by atoms with E-state index < -0.39 is 0 Å². The fourth-order valence-corrected chi connectivity index (χ4v) is 2.12. The summed E-state index contributed by atoms with van der Waals surface area (Å²) in [5.41, 5.74) is 5.55. The van der Waals surface area contributed by atoms with E-state index in [1.165, 1.54) is 4.88 Å². The van der Waals surface area contributed by atoms with E-state index in [2.05, 4.69) is 31.1 Å². The minimum Gasteiger partial charge on any atom is -0.329 e. The molecule has 0 aliphatic rings. The van der Waals surface area contributed by atoms with Crippen LogP contribution in [0, 0.1) is 0 Å². The molecular weight excluding hydrogens is 194 g/mol. The Kier molecular flexibility index (Phi) is 4.51. The first kappa shape index (κ1) is 11.6. The van der Waals surface area contributed by atoms with Crippen LogP contribution in [0.1, 0.15) is 36.7 Å². The van der Waals surface area contributed by atoms with Gasteiger partial charge in [0.1, 0.15) is 5.01 Å². The van der Waals surface area contributed by atoms with Gasteiger partial charge < -0.3 is 11.1 Å². The van der Waals surface area contributed by atoms with Gasteiger partial charge in [0.15, 0.2) is 0 Å². The molecule has 0 saturated heterocycles. The Morgan fingerprint density at radius 1 is 1.57 bits per heavy atom. The highest BCUT2D eigenvalue weighted by Crippen LogP contribution is 2.20. The van der Waals surface area contributed by atoms with E-state index in [1.54, 1.807) is 11.3 Å². The van der Waals surface area contributed by atoms with E-state index in [0.29, 0.717) is 18.6 Å². The zero-order valence-corrected chi connectivity index (χ0v) is 9.90. The third-order valence-electron chi connectivity index (χ3n) is 2.18. The second-order valence-electron chi connectivity index (χ2n) is 3.54. The van der Waals surface area contributed by atoms with Crippen molar-refractivity contribution in [1.82, 2.24) is 10.3 Å². The normalized spacial score (nSPS) is 15.4. The summed E-state index contributed by atoms with van der Waals surface area (Å²) in [6, 6.07) is 0.651. The molecule has 0 aliphatic heterocycles. The molecule has 0 aromatic carbocycles. The summed E-state index contributed by atoms with van der Waals surface area (Å²) in [5.74, 6) is 0. The number of rotatable bonds is 5. The van der Waals surface area contributed by atoms with Crippen molar-refractivity contribution < 1.29 is 0 Å². The SMILES string of the molecule is CCc1cnc(C(C)NC(C)CN)s1. The van der Waals surface area contributed by atoms with Crippen LogP contribution in [0.3, 0.4) is 0 Å². The maximum absolute atomic E-state index is 5.55. The smallest absolute Gasteiger partial charge is 0.109 e. The number of thiazole rings is 1. The largest absolute Gasteiger partial charge is 0.329 e. The average Bonchev–Trinajstić information content (AvgIpc) is 2.65. The standard InChI is InChI=1S/C10H19N3S/c1-4-9-6-12-10(14-9)8(3)13-7(2)5-11/h6-8,13H,4-5,11H2,1-3H3. The molecule has 0 radical (unpaired) electrons. The highest BCUT2D eigenvalue weighted by Gasteiger charge is 2.11.